The van der Waals surface area contributed by atoms with Gasteiger partial charge >= 0.3 is 0 Å². The molecule has 0 unspecified atom stereocenters. The zero-order chi connectivity index (χ0) is 100. The summed E-state index contributed by atoms with van der Waals surface area (Å²) in [7, 11) is 0. The molecule has 5 aromatic heterocycles. The molecule has 8 heteroatoms. The van der Waals surface area contributed by atoms with Gasteiger partial charge < -0.3 is 32.0 Å². The largest absolute Gasteiger partial charge is 0.456 e. The number of nitrogens with zero attached hydrogens (tertiary/aromatic N) is 3. The molecule has 0 fully saturated rings. The van der Waals surface area contributed by atoms with Crippen LogP contribution in [0.15, 0.2) is 394 Å². The minimum absolute atomic E-state index is 0.146. The molecule has 0 aliphatic carbocycles. The van der Waals surface area contributed by atoms with Gasteiger partial charge in [0.15, 0.2) is 0 Å². The van der Waals surface area contributed by atoms with E-state index >= 15 is 0 Å². The van der Waals surface area contributed by atoms with E-state index in [-0.39, 0.29) is 21.7 Å². The number of hydrogen-bond acceptors (Lipinski definition) is 6. The maximum Gasteiger partial charge on any atom is 0.252 e. The van der Waals surface area contributed by atoms with Crippen molar-refractivity contribution < 1.29 is 17.7 Å². The molecule has 0 saturated heterocycles. The highest BCUT2D eigenvalue weighted by molar-refractivity contribution is 7.00. The van der Waals surface area contributed by atoms with Gasteiger partial charge in [-0.15, -0.1) is 0 Å². The number of rotatable bonds is 11. The first-order chi connectivity index (χ1) is 70.2. The number of fused-ring (bicyclic) bond motifs is 19. The van der Waals surface area contributed by atoms with Crippen LogP contribution in [0.3, 0.4) is 0 Å². The van der Waals surface area contributed by atoms with E-state index in [0.717, 1.165) is 244 Å². The van der Waals surface area contributed by atoms with E-state index in [0.29, 0.717) is 0 Å². The molecule has 0 atom stereocenters. The molecule has 24 aromatic rings. The predicted octanol–water partition coefficient (Wildman–Crippen LogP) is 37.6. The third kappa shape index (κ3) is 14.6. The van der Waals surface area contributed by atoms with Crippen LogP contribution in [0.2, 0.25) is 0 Å². The van der Waals surface area contributed by atoms with Gasteiger partial charge in [-0.1, -0.05) is 355 Å². The lowest BCUT2D eigenvalue weighted by molar-refractivity contribution is 0.569. The SMILES string of the molecule is CC(C)(C)c1cc(-c2cc3c4c(c2)N(c2c(-c5cccc6oc7ccccc7c56)cc(C(C)(C)C)cc2-c2cccc5oc6ccccc6c25)c2cc(-n5c6ccc(C(C)(C)C)cc6c6cc(C(C)(C)C)ccc65)ccc2B4c2cc(-c4cc(-c5ccccc5)cc(-c5ccccc5)c4)ccc2N3c2c(-c3cccc4oc5ccccc5c34)cc(C(C)(C)C)cc2-c2cccc3oc4ccccc4c23)cc(C(C)(C)C)c1. The van der Waals surface area contributed by atoms with Crippen LogP contribution in [0.1, 0.15) is 158 Å². The molecule has 2 aliphatic rings. The quantitative estimate of drug-likeness (QED) is 0.120. The minimum atomic E-state index is -0.495. The van der Waals surface area contributed by atoms with Crippen molar-refractivity contribution in [1.29, 1.82) is 0 Å². The molecule has 26 rings (SSSR count). The zero-order valence-corrected chi connectivity index (χ0v) is 86.3. The molecule has 0 amide bonds. The van der Waals surface area contributed by atoms with Gasteiger partial charge in [-0.3, -0.25) is 0 Å². The summed E-state index contributed by atoms with van der Waals surface area (Å²) in [5.74, 6) is 0. The number of benzene rings is 19. The molecule has 19 aromatic carbocycles. The molecular formula is C138H116BN3O4. The summed E-state index contributed by atoms with van der Waals surface area (Å²) in [4.78, 5) is 5.56. The molecule has 2 aliphatic heterocycles. The number of aromatic nitrogens is 1. The van der Waals surface area contributed by atoms with E-state index in [1.165, 1.54) is 44.2 Å². The highest BCUT2D eigenvalue weighted by Crippen LogP contribution is 2.60. The van der Waals surface area contributed by atoms with Crippen LogP contribution in [0.4, 0.5) is 34.1 Å². The first-order valence-electron chi connectivity index (χ1n) is 51.7. The maximum absolute atomic E-state index is 7.21. The normalized spacial score (nSPS) is 13.2. The second kappa shape index (κ2) is 32.7. The lowest BCUT2D eigenvalue weighted by Crippen LogP contribution is -2.61. The first kappa shape index (κ1) is 89.9. The van der Waals surface area contributed by atoms with Gasteiger partial charge in [0.05, 0.1) is 22.4 Å². The van der Waals surface area contributed by atoms with Crippen LogP contribution in [-0.2, 0) is 32.5 Å². The third-order valence-corrected chi connectivity index (χ3v) is 31.5. The van der Waals surface area contributed by atoms with Crippen LogP contribution < -0.4 is 26.2 Å². The summed E-state index contributed by atoms with van der Waals surface area (Å²) in [5, 5.41) is 10.7. The molecule has 0 spiro atoms. The molecule has 0 bridgehead atoms. The van der Waals surface area contributed by atoms with Crippen LogP contribution in [0.5, 0.6) is 0 Å². The fourth-order valence-electron chi connectivity index (χ4n) is 23.7. The van der Waals surface area contributed by atoms with Crippen LogP contribution in [0, 0.1) is 0 Å². The lowest BCUT2D eigenvalue weighted by Gasteiger charge is -2.46. The van der Waals surface area contributed by atoms with Crippen molar-refractivity contribution in [2.75, 3.05) is 9.80 Å². The van der Waals surface area contributed by atoms with Gasteiger partial charge in [0, 0.05) is 105 Å². The summed E-state index contributed by atoms with van der Waals surface area (Å²) in [6.07, 6.45) is 0. The lowest BCUT2D eigenvalue weighted by atomic mass is 9.33. The molecule has 0 saturated carbocycles. The van der Waals surface area contributed by atoms with Crippen molar-refractivity contribution in [1.82, 2.24) is 4.57 Å². The van der Waals surface area contributed by atoms with E-state index < -0.39 is 17.5 Å². The fraction of sp³-hybridized carbons (Fsp3) is 0.174. The Labute approximate surface area is 854 Å². The highest BCUT2D eigenvalue weighted by atomic mass is 16.3. The van der Waals surface area contributed by atoms with Crippen molar-refractivity contribution >= 4 is 167 Å². The Hall–Kier alpha value is -16.2. The Morgan fingerprint density at radius 1 is 0.192 bits per heavy atom. The van der Waals surface area contributed by atoms with E-state index in [2.05, 4.69) is 515 Å². The Morgan fingerprint density at radius 3 is 0.884 bits per heavy atom. The maximum atomic E-state index is 7.21. The van der Waals surface area contributed by atoms with Crippen LogP contribution in [-0.4, -0.2) is 11.3 Å². The number of para-hydroxylation sites is 4. The van der Waals surface area contributed by atoms with E-state index in [9.17, 15) is 0 Å². The van der Waals surface area contributed by atoms with Gasteiger partial charge in [-0.2, -0.15) is 0 Å². The van der Waals surface area contributed by atoms with E-state index in [1.807, 2.05) is 0 Å². The molecule has 7 heterocycles. The first-order valence-corrected chi connectivity index (χ1v) is 51.7. The van der Waals surface area contributed by atoms with E-state index in [1.54, 1.807) is 0 Å². The molecular weight excluding hydrogens is 1770 g/mol. The third-order valence-electron chi connectivity index (χ3n) is 31.5. The standard InChI is InChI=1S/C138H116BN3O4/c1-133(2,3)89-58-63-112-104(74-89)105-75-90(134(4,5)6)59-64-113(105)140(112)95-60-61-110-115(80-95)142(132-108(98-47-35-55-124-128(98)102-43-27-31-51-120(102)145-124)78-94(138(16,17)18)79-109(132)99-48-36-56-125-129(99)103-44-28-32-52-121(103)146-125)117-72-88(87-68-91(135(7,8)9)73-92(69-87)136(10,11)12)71-116-130(117)139(110)111-70-83(86-66-84(81-37-21-19-22-38-81)65-85(67-86)82-39-23-20-24-40-82)57-62-114(111)141(116)131-106(96-45-33-53-122-126(96)100-41-25-29-49-118(100)143-122)76-93(137(13,14)15)77-107(131)97-46-34-54-123-127(97)101-42-26-30-50-119(101)144-123/h19-80H,1-18H3. The van der Waals surface area contributed by atoms with Gasteiger partial charge in [0.25, 0.3) is 6.71 Å². The summed E-state index contributed by atoms with van der Waals surface area (Å²) in [6.45, 7) is 42.1. The predicted molar refractivity (Wildman–Crippen MR) is 620 cm³/mol. The zero-order valence-electron chi connectivity index (χ0n) is 86.3. The van der Waals surface area contributed by atoms with Crippen molar-refractivity contribution in [3.63, 3.8) is 0 Å². The Kier molecular flexibility index (Phi) is 20.1. The van der Waals surface area contributed by atoms with Crippen molar-refractivity contribution in [3.8, 4) is 94.7 Å². The van der Waals surface area contributed by atoms with Crippen molar-refractivity contribution in [3.05, 3.63) is 409 Å². The summed E-state index contributed by atoms with van der Waals surface area (Å²) in [6, 6.07) is 143. The van der Waals surface area contributed by atoms with Gasteiger partial charge in [-0.25, -0.2) is 0 Å². The van der Waals surface area contributed by atoms with Crippen LogP contribution >= 0.6 is 0 Å². The average Bonchev–Trinajstić information content (AvgIpc) is 0.890. The Bertz CT molecular complexity index is 9150. The molecule has 7 nitrogen and oxygen atoms in total. The number of furan rings is 4. The summed E-state index contributed by atoms with van der Waals surface area (Å²) >= 11 is 0. The van der Waals surface area contributed by atoms with Crippen LogP contribution in [0.25, 0.3) is 204 Å². The van der Waals surface area contributed by atoms with Gasteiger partial charge in [0.2, 0.25) is 0 Å². The second-order valence-electron chi connectivity index (χ2n) is 47.1. The minimum Gasteiger partial charge on any atom is -0.456 e. The fourth-order valence-corrected chi connectivity index (χ4v) is 23.7. The molecule has 0 radical (unpaired) electrons. The smallest absolute Gasteiger partial charge is 0.252 e. The molecule has 146 heavy (non-hydrogen) atoms. The van der Waals surface area contributed by atoms with E-state index in [4.69, 9.17) is 17.7 Å². The molecule has 0 N–H and O–H groups in total. The molecule has 710 valence electrons. The van der Waals surface area contributed by atoms with Crippen molar-refractivity contribution in [2.45, 2.75) is 157 Å². The Morgan fingerprint density at radius 2 is 0.514 bits per heavy atom. The average molecular weight is 1890 g/mol. The van der Waals surface area contributed by atoms with Gasteiger partial charge in [0.1, 0.15) is 44.7 Å². The van der Waals surface area contributed by atoms with Crippen molar-refractivity contribution in [2.24, 2.45) is 0 Å². The summed E-state index contributed by atoms with van der Waals surface area (Å²) < 4.78 is 31.4. The topological polar surface area (TPSA) is 64.0 Å². The number of hydrogen-bond donors (Lipinski definition) is 0. The monoisotopic (exact) mass is 1890 g/mol. The van der Waals surface area contributed by atoms with Gasteiger partial charge in [-0.05, 0) is 295 Å². The highest BCUT2D eigenvalue weighted by Gasteiger charge is 2.48. The second-order valence-corrected chi connectivity index (χ2v) is 47.1. The summed E-state index contributed by atoms with van der Waals surface area (Å²) in [5.41, 5.74) is 42.3. The number of anilines is 6. The Balaban J connectivity index is 0.902.